The number of fused-ring (bicyclic) bond motifs is 1. The van der Waals surface area contributed by atoms with Crippen molar-refractivity contribution >= 4 is 28.1 Å². The van der Waals surface area contributed by atoms with E-state index in [1.54, 1.807) is 6.20 Å². The SMILES string of the molecule is Cc1cc(NC(C)c2ccc3ccccc3c2)cnc1Cl. The van der Waals surface area contributed by atoms with Crippen molar-refractivity contribution in [3.63, 3.8) is 0 Å². The summed E-state index contributed by atoms with van der Waals surface area (Å²) >= 11 is 5.96. The normalized spacial score (nSPS) is 12.3. The van der Waals surface area contributed by atoms with Crippen LogP contribution in [0.25, 0.3) is 10.8 Å². The molecule has 1 N–H and O–H groups in total. The number of benzene rings is 2. The Morgan fingerprint density at radius 3 is 2.57 bits per heavy atom. The molecule has 0 aliphatic rings. The van der Waals surface area contributed by atoms with Gasteiger partial charge in [0.2, 0.25) is 0 Å². The quantitative estimate of drug-likeness (QED) is 0.657. The van der Waals surface area contributed by atoms with Gasteiger partial charge < -0.3 is 5.32 Å². The molecule has 1 atom stereocenters. The van der Waals surface area contributed by atoms with Gasteiger partial charge in [-0.1, -0.05) is 48.0 Å². The van der Waals surface area contributed by atoms with Gasteiger partial charge in [-0.15, -0.1) is 0 Å². The number of aryl methyl sites for hydroxylation is 1. The number of hydrogen-bond donors (Lipinski definition) is 1. The molecule has 0 bridgehead atoms. The molecule has 3 heteroatoms. The van der Waals surface area contributed by atoms with Crippen molar-refractivity contribution in [1.82, 2.24) is 4.98 Å². The summed E-state index contributed by atoms with van der Waals surface area (Å²) in [5.41, 5.74) is 3.21. The van der Waals surface area contributed by atoms with Gasteiger partial charge in [-0.2, -0.15) is 0 Å². The van der Waals surface area contributed by atoms with Gasteiger partial charge >= 0.3 is 0 Å². The number of nitrogens with one attached hydrogen (secondary N) is 1. The van der Waals surface area contributed by atoms with Gasteiger partial charge in [0, 0.05) is 6.04 Å². The Hall–Kier alpha value is -2.06. The molecule has 106 valence electrons. The van der Waals surface area contributed by atoms with Crippen LogP contribution in [0.5, 0.6) is 0 Å². The summed E-state index contributed by atoms with van der Waals surface area (Å²) in [4.78, 5) is 4.18. The van der Waals surface area contributed by atoms with E-state index in [9.17, 15) is 0 Å². The molecule has 1 heterocycles. The second-order valence-electron chi connectivity index (χ2n) is 5.30. The van der Waals surface area contributed by atoms with Gasteiger partial charge in [-0.05, 0) is 47.9 Å². The summed E-state index contributed by atoms with van der Waals surface area (Å²) in [6.45, 7) is 4.11. The lowest BCUT2D eigenvalue weighted by molar-refractivity contribution is 0.884. The zero-order chi connectivity index (χ0) is 14.8. The Labute approximate surface area is 129 Å². The Balaban J connectivity index is 1.85. The molecule has 0 saturated heterocycles. The topological polar surface area (TPSA) is 24.9 Å². The summed E-state index contributed by atoms with van der Waals surface area (Å²) in [6, 6.07) is 17.2. The second kappa shape index (κ2) is 5.74. The Bertz CT molecular complexity index is 783. The van der Waals surface area contributed by atoms with E-state index in [1.807, 2.05) is 13.0 Å². The fourth-order valence-corrected chi connectivity index (χ4v) is 2.55. The van der Waals surface area contributed by atoms with Crippen molar-refractivity contribution in [3.05, 3.63) is 71.0 Å². The smallest absolute Gasteiger partial charge is 0.132 e. The molecule has 0 aliphatic heterocycles. The molecule has 21 heavy (non-hydrogen) atoms. The summed E-state index contributed by atoms with van der Waals surface area (Å²) in [5.74, 6) is 0. The first-order valence-corrected chi connectivity index (χ1v) is 7.38. The number of pyridine rings is 1. The van der Waals surface area contributed by atoms with Crippen LogP contribution in [0.15, 0.2) is 54.7 Å². The van der Waals surface area contributed by atoms with Crippen molar-refractivity contribution in [2.45, 2.75) is 19.9 Å². The average molecular weight is 297 g/mol. The molecule has 0 aliphatic carbocycles. The molecule has 0 fully saturated rings. The van der Waals surface area contributed by atoms with Crippen molar-refractivity contribution in [3.8, 4) is 0 Å². The number of rotatable bonds is 3. The third-order valence-electron chi connectivity index (χ3n) is 3.67. The highest BCUT2D eigenvalue weighted by Crippen LogP contribution is 2.24. The second-order valence-corrected chi connectivity index (χ2v) is 5.66. The standard InChI is InChI=1S/C18H17ClN2/c1-12-9-17(11-20-18(12)19)21-13(2)15-8-7-14-5-3-4-6-16(14)10-15/h3-11,13,21H,1-2H3. The van der Waals surface area contributed by atoms with Crippen LogP contribution < -0.4 is 5.32 Å². The molecule has 0 amide bonds. The van der Waals surface area contributed by atoms with Crippen LogP contribution in [0, 0.1) is 6.92 Å². The van der Waals surface area contributed by atoms with Gasteiger partial charge in [-0.3, -0.25) is 0 Å². The maximum Gasteiger partial charge on any atom is 0.132 e. The third-order valence-corrected chi connectivity index (χ3v) is 4.07. The van der Waals surface area contributed by atoms with Crippen LogP contribution in [0.2, 0.25) is 5.15 Å². The maximum atomic E-state index is 5.96. The zero-order valence-electron chi connectivity index (χ0n) is 12.1. The molecule has 1 unspecified atom stereocenters. The number of halogens is 1. The Morgan fingerprint density at radius 1 is 1.05 bits per heavy atom. The Kier molecular flexibility index (Phi) is 3.80. The summed E-state index contributed by atoms with van der Waals surface area (Å²) in [6.07, 6.45) is 1.77. The number of hydrogen-bond acceptors (Lipinski definition) is 2. The van der Waals surface area contributed by atoms with Gasteiger partial charge in [0.1, 0.15) is 5.15 Å². The fraction of sp³-hybridized carbons (Fsp3) is 0.167. The number of aromatic nitrogens is 1. The first kappa shape index (κ1) is 13.9. The van der Waals surface area contributed by atoms with Crippen LogP contribution in [0.3, 0.4) is 0 Å². The van der Waals surface area contributed by atoms with E-state index < -0.39 is 0 Å². The molecule has 0 radical (unpaired) electrons. The van der Waals surface area contributed by atoms with E-state index in [1.165, 1.54) is 16.3 Å². The van der Waals surface area contributed by atoms with Gasteiger partial charge in [-0.25, -0.2) is 4.98 Å². The van der Waals surface area contributed by atoms with Crippen molar-refractivity contribution < 1.29 is 0 Å². The van der Waals surface area contributed by atoms with Crippen molar-refractivity contribution in [2.75, 3.05) is 5.32 Å². The third kappa shape index (κ3) is 3.01. The molecule has 2 aromatic carbocycles. The maximum absolute atomic E-state index is 5.96. The first-order valence-electron chi connectivity index (χ1n) is 7.01. The van der Waals surface area contributed by atoms with Crippen LogP contribution in [-0.4, -0.2) is 4.98 Å². The zero-order valence-corrected chi connectivity index (χ0v) is 12.9. The highest BCUT2D eigenvalue weighted by atomic mass is 35.5. The molecule has 0 spiro atoms. The van der Waals surface area contributed by atoms with Crippen LogP contribution in [0.1, 0.15) is 24.1 Å². The monoisotopic (exact) mass is 296 g/mol. The lowest BCUT2D eigenvalue weighted by Gasteiger charge is -2.16. The van der Waals surface area contributed by atoms with Gasteiger partial charge in [0.15, 0.2) is 0 Å². The summed E-state index contributed by atoms with van der Waals surface area (Å²) in [5, 5.41) is 6.54. The van der Waals surface area contributed by atoms with Crippen LogP contribution in [-0.2, 0) is 0 Å². The predicted octanol–water partition coefficient (Wildman–Crippen LogP) is 5.37. The minimum Gasteiger partial charge on any atom is -0.377 e. The lowest BCUT2D eigenvalue weighted by Crippen LogP contribution is -2.07. The van der Waals surface area contributed by atoms with Crippen LogP contribution >= 0.6 is 11.6 Å². The van der Waals surface area contributed by atoms with Crippen molar-refractivity contribution in [1.29, 1.82) is 0 Å². The van der Waals surface area contributed by atoms with E-state index in [0.717, 1.165) is 11.3 Å². The minimum atomic E-state index is 0.206. The number of anilines is 1. The molecule has 0 saturated carbocycles. The van der Waals surface area contributed by atoms with E-state index in [-0.39, 0.29) is 6.04 Å². The van der Waals surface area contributed by atoms with Crippen molar-refractivity contribution in [2.24, 2.45) is 0 Å². The predicted molar refractivity (Wildman–Crippen MR) is 90.0 cm³/mol. The number of nitrogens with zero attached hydrogens (tertiary/aromatic N) is 1. The molecule has 3 aromatic rings. The fourth-order valence-electron chi connectivity index (χ4n) is 2.45. The summed E-state index contributed by atoms with van der Waals surface area (Å²) in [7, 11) is 0. The largest absolute Gasteiger partial charge is 0.377 e. The molecule has 2 nitrogen and oxygen atoms in total. The first-order chi connectivity index (χ1) is 10.1. The van der Waals surface area contributed by atoms with E-state index in [4.69, 9.17) is 11.6 Å². The van der Waals surface area contributed by atoms with Crippen LogP contribution in [0.4, 0.5) is 5.69 Å². The minimum absolute atomic E-state index is 0.206. The molecular weight excluding hydrogens is 280 g/mol. The molecule has 3 rings (SSSR count). The molecule has 1 aromatic heterocycles. The van der Waals surface area contributed by atoms with Gasteiger partial charge in [0.25, 0.3) is 0 Å². The van der Waals surface area contributed by atoms with E-state index in [2.05, 4.69) is 59.7 Å². The highest BCUT2D eigenvalue weighted by molar-refractivity contribution is 6.30. The lowest BCUT2D eigenvalue weighted by atomic mass is 10.0. The summed E-state index contributed by atoms with van der Waals surface area (Å²) < 4.78 is 0. The Morgan fingerprint density at radius 2 is 1.81 bits per heavy atom. The van der Waals surface area contributed by atoms with E-state index >= 15 is 0 Å². The average Bonchev–Trinajstić information content (AvgIpc) is 2.50. The van der Waals surface area contributed by atoms with Gasteiger partial charge in [0.05, 0.1) is 11.9 Å². The molecular formula is C18H17ClN2. The van der Waals surface area contributed by atoms with E-state index in [0.29, 0.717) is 5.15 Å². The highest BCUT2D eigenvalue weighted by Gasteiger charge is 2.07.